The molecule has 5 nitrogen and oxygen atoms in total. The summed E-state index contributed by atoms with van der Waals surface area (Å²) < 4.78 is 0. The third-order valence-electron chi connectivity index (χ3n) is 3.34. The summed E-state index contributed by atoms with van der Waals surface area (Å²) >= 11 is 0. The predicted molar refractivity (Wildman–Crippen MR) is 91.5 cm³/mol. The summed E-state index contributed by atoms with van der Waals surface area (Å²) in [7, 11) is 2.14. The van der Waals surface area contributed by atoms with Crippen LogP contribution in [-0.4, -0.2) is 68.1 Å². The first-order chi connectivity index (χ1) is 8.00. The minimum Gasteiger partial charge on any atom is -0.353 e. The van der Waals surface area contributed by atoms with Crippen molar-refractivity contribution in [2.75, 3.05) is 46.3 Å². The largest absolute Gasteiger partial charge is 0.353 e. The topological polar surface area (TPSA) is 61.6 Å². The fourth-order valence-corrected chi connectivity index (χ4v) is 1.83. The second-order valence-electron chi connectivity index (χ2n) is 5.21. The van der Waals surface area contributed by atoms with Crippen molar-refractivity contribution in [1.29, 1.82) is 0 Å². The molecular weight excluding hydrogens is 323 g/mol. The van der Waals surface area contributed by atoms with Gasteiger partial charge >= 0.3 is 0 Å². The number of hydrogen-bond acceptors (Lipinski definition) is 4. The van der Waals surface area contributed by atoms with E-state index in [9.17, 15) is 4.79 Å². The maximum absolute atomic E-state index is 11.6. The summed E-state index contributed by atoms with van der Waals surface area (Å²) in [5.74, 6) is 0.160. The van der Waals surface area contributed by atoms with Crippen LogP contribution < -0.4 is 11.1 Å². The second kappa shape index (κ2) is 12.9. The molecule has 1 amide bonds. The Balaban J connectivity index is -0.000000963. The first kappa shape index (κ1) is 25.2. The minimum absolute atomic E-state index is 0. The molecule has 0 radical (unpaired) electrons. The molecule has 0 bridgehead atoms. The number of nitrogens with two attached hydrogens (primary N) is 1. The summed E-state index contributed by atoms with van der Waals surface area (Å²) in [6, 6.07) is -0.387. The molecule has 1 atom stereocenters. The van der Waals surface area contributed by atoms with Crippen LogP contribution >= 0.6 is 37.2 Å². The number of amides is 1. The van der Waals surface area contributed by atoms with E-state index in [1.165, 1.54) is 0 Å². The summed E-state index contributed by atoms with van der Waals surface area (Å²) in [6.07, 6.45) is 0. The van der Waals surface area contributed by atoms with Crippen molar-refractivity contribution in [3.63, 3.8) is 0 Å². The molecule has 1 saturated heterocycles. The van der Waals surface area contributed by atoms with Crippen LogP contribution in [0.2, 0.25) is 0 Å². The van der Waals surface area contributed by atoms with Crippen LogP contribution in [0, 0.1) is 5.92 Å². The van der Waals surface area contributed by atoms with Gasteiger partial charge in [0.05, 0.1) is 6.04 Å². The van der Waals surface area contributed by atoms with Crippen LogP contribution in [0.25, 0.3) is 0 Å². The molecule has 0 aromatic heterocycles. The van der Waals surface area contributed by atoms with Gasteiger partial charge in [-0.1, -0.05) is 13.8 Å². The normalized spacial score (nSPS) is 17.4. The van der Waals surface area contributed by atoms with Crippen LogP contribution in [0.4, 0.5) is 0 Å². The summed E-state index contributed by atoms with van der Waals surface area (Å²) in [6.45, 7) is 9.94. The van der Waals surface area contributed by atoms with E-state index in [4.69, 9.17) is 5.73 Å². The van der Waals surface area contributed by atoms with E-state index < -0.39 is 0 Å². The second-order valence-corrected chi connectivity index (χ2v) is 5.21. The number of nitrogens with zero attached hydrogens (tertiary/aromatic N) is 2. The van der Waals surface area contributed by atoms with Crippen molar-refractivity contribution in [3.05, 3.63) is 0 Å². The smallest absolute Gasteiger partial charge is 0.237 e. The molecule has 1 fully saturated rings. The van der Waals surface area contributed by atoms with Crippen LogP contribution in [-0.2, 0) is 4.79 Å². The Morgan fingerprint density at radius 3 is 2.10 bits per heavy atom. The van der Waals surface area contributed by atoms with Gasteiger partial charge in [0.25, 0.3) is 0 Å². The molecule has 1 rings (SSSR count). The lowest BCUT2D eigenvalue weighted by Crippen LogP contribution is -2.49. The van der Waals surface area contributed by atoms with E-state index in [0.29, 0.717) is 6.54 Å². The Bertz CT molecular complexity index is 249. The molecule has 1 aliphatic rings. The average molecular weight is 352 g/mol. The monoisotopic (exact) mass is 350 g/mol. The highest BCUT2D eigenvalue weighted by atomic mass is 35.5. The molecule has 0 saturated carbocycles. The van der Waals surface area contributed by atoms with E-state index in [0.717, 1.165) is 32.7 Å². The highest BCUT2D eigenvalue weighted by molar-refractivity contribution is 5.86. The zero-order chi connectivity index (χ0) is 12.8. The summed E-state index contributed by atoms with van der Waals surface area (Å²) in [4.78, 5) is 16.3. The standard InChI is InChI=1S/C12H26N4O.3ClH/c1-10(2)11(13)12(17)14-4-5-16-8-6-15(3)7-9-16;;;/h10-11H,4-9,13H2,1-3H3,(H,14,17);3*1H/t11-;;;/m0.../s1. The SMILES string of the molecule is CC(C)[C@H](N)C(=O)NCCN1CCN(C)CC1.Cl.Cl.Cl. The zero-order valence-electron chi connectivity index (χ0n) is 12.5. The zero-order valence-corrected chi connectivity index (χ0v) is 15.0. The van der Waals surface area contributed by atoms with Gasteiger partial charge < -0.3 is 16.0 Å². The molecule has 0 aromatic rings. The lowest BCUT2D eigenvalue weighted by Gasteiger charge is -2.32. The average Bonchev–Trinajstić information content (AvgIpc) is 2.30. The van der Waals surface area contributed by atoms with Crippen molar-refractivity contribution in [3.8, 4) is 0 Å². The highest BCUT2D eigenvalue weighted by Crippen LogP contribution is 1.99. The van der Waals surface area contributed by atoms with Crippen LogP contribution in [0.1, 0.15) is 13.8 Å². The number of halogens is 3. The molecule has 8 heteroatoms. The Kier molecular flexibility index (Phi) is 16.3. The van der Waals surface area contributed by atoms with Gasteiger partial charge in [0.15, 0.2) is 0 Å². The Morgan fingerprint density at radius 1 is 1.15 bits per heavy atom. The van der Waals surface area contributed by atoms with Gasteiger partial charge in [0.2, 0.25) is 5.91 Å². The number of nitrogens with one attached hydrogen (secondary N) is 1. The van der Waals surface area contributed by atoms with Crippen molar-refractivity contribution in [2.45, 2.75) is 19.9 Å². The van der Waals surface area contributed by atoms with Crippen molar-refractivity contribution in [1.82, 2.24) is 15.1 Å². The molecular formula is C12H29Cl3N4O. The molecule has 20 heavy (non-hydrogen) atoms. The van der Waals surface area contributed by atoms with E-state index in [-0.39, 0.29) is 55.1 Å². The van der Waals surface area contributed by atoms with Gasteiger partial charge in [0, 0.05) is 39.3 Å². The summed E-state index contributed by atoms with van der Waals surface area (Å²) in [5, 5.41) is 2.90. The van der Waals surface area contributed by atoms with Crippen molar-refractivity contribution >= 4 is 43.1 Å². The van der Waals surface area contributed by atoms with Crippen LogP contribution in [0.5, 0.6) is 0 Å². The number of carbonyl (C=O) groups is 1. The number of rotatable bonds is 5. The Hall–Kier alpha value is 0.220. The lowest BCUT2D eigenvalue weighted by atomic mass is 10.1. The van der Waals surface area contributed by atoms with Gasteiger partial charge in [-0.25, -0.2) is 0 Å². The van der Waals surface area contributed by atoms with Crippen molar-refractivity contribution in [2.24, 2.45) is 11.7 Å². The number of likely N-dealkylation sites (N-methyl/N-ethyl adjacent to an activating group) is 1. The van der Waals surface area contributed by atoms with E-state index in [1.807, 2.05) is 13.8 Å². The van der Waals surface area contributed by atoms with E-state index in [1.54, 1.807) is 0 Å². The fraction of sp³-hybridized carbons (Fsp3) is 0.917. The first-order valence-electron chi connectivity index (χ1n) is 6.45. The van der Waals surface area contributed by atoms with E-state index >= 15 is 0 Å². The van der Waals surface area contributed by atoms with Crippen LogP contribution in [0.15, 0.2) is 0 Å². The molecule has 1 heterocycles. The van der Waals surface area contributed by atoms with Gasteiger partial charge in [-0.2, -0.15) is 0 Å². The molecule has 0 aliphatic carbocycles. The van der Waals surface area contributed by atoms with Gasteiger partial charge in [0.1, 0.15) is 0 Å². The molecule has 124 valence electrons. The molecule has 0 spiro atoms. The summed E-state index contributed by atoms with van der Waals surface area (Å²) in [5.41, 5.74) is 5.77. The van der Waals surface area contributed by atoms with E-state index in [2.05, 4.69) is 22.2 Å². The third-order valence-corrected chi connectivity index (χ3v) is 3.34. The fourth-order valence-electron chi connectivity index (χ4n) is 1.83. The minimum atomic E-state index is -0.387. The van der Waals surface area contributed by atoms with Gasteiger partial charge in [-0.15, -0.1) is 37.2 Å². The quantitative estimate of drug-likeness (QED) is 0.761. The number of piperazine rings is 1. The Labute approximate surface area is 141 Å². The first-order valence-corrected chi connectivity index (χ1v) is 6.45. The van der Waals surface area contributed by atoms with Crippen molar-refractivity contribution < 1.29 is 4.79 Å². The highest BCUT2D eigenvalue weighted by Gasteiger charge is 2.17. The molecule has 3 N–H and O–H groups in total. The Morgan fingerprint density at radius 2 is 1.65 bits per heavy atom. The van der Waals surface area contributed by atoms with Crippen LogP contribution in [0.3, 0.4) is 0 Å². The number of carbonyl (C=O) groups excluding carboxylic acids is 1. The maximum atomic E-state index is 11.6. The van der Waals surface area contributed by atoms with Gasteiger partial charge in [-0.3, -0.25) is 9.69 Å². The third kappa shape index (κ3) is 9.21. The molecule has 0 aromatic carbocycles. The molecule has 1 aliphatic heterocycles. The molecule has 0 unspecified atom stereocenters. The lowest BCUT2D eigenvalue weighted by molar-refractivity contribution is -0.123. The van der Waals surface area contributed by atoms with Gasteiger partial charge in [-0.05, 0) is 13.0 Å². The maximum Gasteiger partial charge on any atom is 0.237 e. The predicted octanol–water partition coefficient (Wildman–Crippen LogP) is 0.599. The number of hydrogen-bond donors (Lipinski definition) is 2.